The smallest absolute Gasteiger partial charge is 0.305 e. The van der Waals surface area contributed by atoms with Crippen molar-refractivity contribution < 1.29 is 24.1 Å². The molecule has 0 heterocycles. The highest BCUT2D eigenvalue weighted by molar-refractivity contribution is 5.68. The molecule has 0 radical (unpaired) electrons. The maximum Gasteiger partial charge on any atom is 0.305 e. The fourth-order valence-corrected chi connectivity index (χ4v) is 5.13. The molecule has 0 saturated carbocycles. The Morgan fingerprint density at radius 1 is 0.649 bits per heavy atom. The van der Waals surface area contributed by atoms with E-state index in [1.54, 1.807) is 14.2 Å². The minimum atomic E-state index is -0.0761. The lowest BCUT2D eigenvalue weighted by atomic mass is 9.99. The fourth-order valence-electron chi connectivity index (χ4n) is 5.13. The van der Waals surface area contributed by atoms with Crippen molar-refractivity contribution in [2.75, 3.05) is 21.3 Å². The number of aromatic hydroxyl groups is 1. The van der Waals surface area contributed by atoms with Crippen molar-refractivity contribution in [1.29, 1.82) is 0 Å². The molecular formula is C32H56O5. The van der Waals surface area contributed by atoms with Gasteiger partial charge < -0.3 is 19.3 Å². The zero-order chi connectivity index (χ0) is 27.1. The number of hydrogen-bond donors (Lipinski definition) is 1. The van der Waals surface area contributed by atoms with Crippen LogP contribution in [0, 0.1) is 6.92 Å². The zero-order valence-corrected chi connectivity index (χ0v) is 24.5. The van der Waals surface area contributed by atoms with Crippen LogP contribution in [-0.2, 0) is 16.0 Å². The second-order valence-electron chi connectivity index (χ2n) is 10.5. The van der Waals surface area contributed by atoms with E-state index in [9.17, 15) is 9.90 Å². The molecule has 0 aliphatic rings. The summed E-state index contributed by atoms with van der Waals surface area (Å²) in [5, 5.41) is 10.5. The summed E-state index contributed by atoms with van der Waals surface area (Å²) >= 11 is 0. The van der Waals surface area contributed by atoms with Gasteiger partial charge in [0.05, 0.1) is 21.3 Å². The first-order chi connectivity index (χ1) is 18.0. The van der Waals surface area contributed by atoms with Crippen molar-refractivity contribution in [1.82, 2.24) is 0 Å². The Morgan fingerprint density at radius 2 is 1.05 bits per heavy atom. The van der Waals surface area contributed by atoms with Gasteiger partial charge in [-0.15, -0.1) is 0 Å². The highest BCUT2D eigenvalue weighted by Gasteiger charge is 2.16. The van der Waals surface area contributed by atoms with Crippen LogP contribution in [0.1, 0.15) is 140 Å². The molecule has 0 saturated heterocycles. The van der Waals surface area contributed by atoms with Gasteiger partial charge in [-0.05, 0) is 37.8 Å². The molecule has 0 aliphatic heterocycles. The number of unbranched alkanes of at least 4 members (excludes halogenated alkanes) is 18. The lowest BCUT2D eigenvalue weighted by Gasteiger charge is -2.15. The first kappa shape index (κ1) is 33.1. The number of benzene rings is 1. The van der Waals surface area contributed by atoms with Crippen LogP contribution in [-0.4, -0.2) is 32.4 Å². The van der Waals surface area contributed by atoms with Gasteiger partial charge in [-0.2, -0.15) is 0 Å². The Labute approximate surface area is 227 Å². The molecule has 1 aromatic carbocycles. The first-order valence-corrected chi connectivity index (χ1v) is 15.0. The standard InChI is InChI=1S/C32H56O5/c1-27-26-29(35-2)32(37-4)31(34)28(27)24-22-20-18-16-14-12-10-8-6-5-7-9-11-13-15-17-19-21-23-25-30(33)36-3/h26,34H,5-25H2,1-4H3. The van der Waals surface area contributed by atoms with Gasteiger partial charge in [-0.3, -0.25) is 4.79 Å². The van der Waals surface area contributed by atoms with Gasteiger partial charge in [-0.25, -0.2) is 0 Å². The lowest BCUT2D eigenvalue weighted by molar-refractivity contribution is -0.140. The summed E-state index contributed by atoms with van der Waals surface area (Å²) in [4.78, 5) is 11.1. The number of phenolic OH excluding ortho intramolecular Hbond substituents is 1. The normalized spacial score (nSPS) is 11.0. The zero-order valence-electron chi connectivity index (χ0n) is 24.5. The number of phenols is 1. The summed E-state index contributed by atoms with van der Waals surface area (Å²) in [6, 6.07) is 1.95. The molecule has 0 amide bonds. The van der Waals surface area contributed by atoms with Crippen LogP contribution in [0.5, 0.6) is 17.2 Å². The molecule has 37 heavy (non-hydrogen) atoms. The molecule has 214 valence electrons. The monoisotopic (exact) mass is 520 g/mol. The van der Waals surface area contributed by atoms with Crippen LogP contribution in [0.25, 0.3) is 0 Å². The summed E-state index contributed by atoms with van der Waals surface area (Å²) in [6.07, 6.45) is 26.2. The Balaban J connectivity index is 1.87. The van der Waals surface area contributed by atoms with E-state index in [0.717, 1.165) is 36.8 Å². The number of esters is 1. The SMILES string of the molecule is COC(=O)CCCCCCCCCCCCCCCCCCCCCc1c(C)cc(OC)c(OC)c1O. The molecule has 0 aliphatic carbocycles. The van der Waals surface area contributed by atoms with Crippen molar-refractivity contribution in [3.63, 3.8) is 0 Å². The summed E-state index contributed by atoms with van der Waals surface area (Å²) in [7, 11) is 4.63. The van der Waals surface area contributed by atoms with E-state index in [0.29, 0.717) is 17.9 Å². The topological polar surface area (TPSA) is 65.0 Å². The van der Waals surface area contributed by atoms with E-state index in [1.807, 2.05) is 13.0 Å². The van der Waals surface area contributed by atoms with Gasteiger partial charge in [0.1, 0.15) is 0 Å². The van der Waals surface area contributed by atoms with Crippen LogP contribution in [0.2, 0.25) is 0 Å². The van der Waals surface area contributed by atoms with Gasteiger partial charge in [0, 0.05) is 12.0 Å². The highest BCUT2D eigenvalue weighted by Crippen LogP contribution is 2.41. The molecule has 5 nitrogen and oxygen atoms in total. The number of methoxy groups -OCH3 is 3. The van der Waals surface area contributed by atoms with Crippen molar-refractivity contribution >= 4 is 5.97 Å². The molecule has 5 heteroatoms. The molecule has 0 fully saturated rings. The average molecular weight is 521 g/mol. The summed E-state index contributed by atoms with van der Waals surface area (Å²) in [5.41, 5.74) is 2.05. The number of aryl methyl sites for hydroxylation is 1. The third-order valence-electron chi connectivity index (χ3n) is 7.51. The van der Waals surface area contributed by atoms with Gasteiger partial charge in [0.15, 0.2) is 11.5 Å². The molecule has 0 aromatic heterocycles. The van der Waals surface area contributed by atoms with Crippen molar-refractivity contribution in [3.8, 4) is 17.2 Å². The Bertz CT molecular complexity index is 716. The first-order valence-electron chi connectivity index (χ1n) is 15.0. The minimum absolute atomic E-state index is 0.0761. The van der Waals surface area contributed by atoms with Crippen molar-refractivity contribution in [2.24, 2.45) is 0 Å². The van der Waals surface area contributed by atoms with E-state index in [-0.39, 0.29) is 11.7 Å². The van der Waals surface area contributed by atoms with Gasteiger partial charge in [0.2, 0.25) is 5.75 Å². The Morgan fingerprint density at radius 3 is 1.43 bits per heavy atom. The quantitative estimate of drug-likeness (QED) is 0.109. The van der Waals surface area contributed by atoms with E-state index < -0.39 is 0 Å². The van der Waals surface area contributed by atoms with Crippen molar-refractivity contribution in [3.05, 3.63) is 17.2 Å². The van der Waals surface area contributed by atoms with Crippen molar-refractivity contribution in [2.45, 2.75) is 142 Å². The molecular weight excluding hydrogens is 464 g/mol. The number of carbonyl (C=O) groups excluding carboxylic acids is 1. The van der Waals surface area contributed by atoms with Crippen LogP contribution in [0.15, 0.2) is 6.07 Å². The molecule has 0 atom stereocenters. The van der Waals surface area contributed by atoms with Gasteiger partial charge in [0.25, 0.3) is 0 Å². The van der Waals surface area contributed by atoms with Crippen LogP contribution < -0.4 is 9.47 Å². The number of rotatable bonds is 24. The van der Waals surface area contributed by atoms with E-state index in [4.69, 9.17) is 9.47 Å². The van der Waals surface area contributed by atoms with Gasteiger partial charge >= 0.3 is 5.97 Å². The minimum Gasteiger partial charge on any atom is -0.504 e. The third kappa shape index (κ3) is 15.2. The van der Waals surface area contributed by atoms with Gasteiger partial charge in [-0.1, -0.05) is 109 Å². The average Bonchev–Trinajstić information content (AvgIpc) is 2.90. The molecule has 0 bridgehead atoms. The van der Waals surface area contributed by atoms with E-state index >= 15 is 0 Å². The predicted molar refractivity (Wildman–Crippen MR) is 154 cm³/mol. The summed E-state index contributed by atoms with van der Waals surface area (Å²) < 4.78 is 15.3. The number of carbonyl (C=O) groups is 1. The fraction of sp³-hybridized carbons (Fsp3) is 0.781. The summed E-state index contributed by atoms with van der Waals surface area (Å²) in [6.45, 7) is 2.03. The largest absolute Gasteiger partial charge is 0.504 e. The maximum absolute atomic E-state index is 11.1. The molecule has 0 unspecified atom stereocenters. The van der Waals surface area contributed by atoms with Crippen LogP contribution in [0.4, 0.5) is 0 Å². The number of hydrogen-bond acceptors (Lipinski definition) is 5. The van der Waals surface area contributed by atoms with E-state index in [2.05, 4.69) is 4.74 Å². The number of ether oxygens (including phenoxy) is 3. The maximum atomic E-state index is 11.1. The van der Waals surface area contributed by atoms with Crippen LogP contribution in [0.3, 0.4) is 0 Å². The lowest BCUT2D eigenvalue weighted by Crippen LogP contribution is -1.99. The summed E-state index contributed by atoms with van der Waals surface area (Å²) in [5.74, 6) is 1.20. The molecule has 0 spiro atoms. The molecule has 1 N–H and O–H groups in total. The predicted octanol–water partition coefficient (Wildman–Crippen LogP) is 9.24. The highest BCUT2D eigenvalue weighted by atomic mass is 16.5. The second kappa shape index (κ2) is 22.1. The third-order valence-corrected chi connectivity index (χ3v) is 7.51. The molecule has 1 aromatic rings. The molecule has 1 rings (SSSR count). The van der Waals surface area contributed by atoms with Crippen LogP contribution >= 0.6 is 0 Å². The second-order valence-corrected chi connectivity index (χ2v) is 10.5. The van der Waals surface area contributed by atoms with E-state index in [1.165, 1.54) is 110 Å². The Kier molecular flexibility index (Phi) is 19.8. The Hall–Kier alpha value is -1.91.